The van der Waals surface area contributed by atoms with Gasteiger partial charge in [0.15, 0.2) is 22.3 Å². The number of nitrogens with one attached hydrogen (secondary N) is 2. The van der Waals surface area contributed by atoms with Crippen LogP contribution in [0, 0.1) is 13.8 Å². The molecule has 4 rings (SSSR count). The lowest BCUT2D eigenvalue weighted by Gasteiger charge is -2.15. The van der Waals surface area contributed by atoms with Crippen molar-refractivity contribution in [2.45, 2.75) is 18.7 Å². The molecule has 4 aromatic rings. The summed E-state index contributed by atoms with van der Waals surface area (Å²) >= 11 is 0. The molecule has 2 heterocycles. The maximum Gasteiger partial charge on any atom is 0.268 e. The van der Waals surface area contributed by atoms with E-state index in [4.69, 9.17) is 14.0 Å². The second-order valence-corrected chi connectivity index (χ2v) is 8.51. The first-order chi connectivity index (χ1) is 15.3. The number of hydrogen-bond donors (Lipinski definition) is 2. The highest BCUT2D eigenvalue weighted by molar-refractivity contribution is 7.92. The van der Waals surface area contributed by atoms with Gasteiger partial charge in [0.2, 0.25) is 0 Å². The quantitative estimate of drug-likeness (QED) is 0.427. The monoisotopic (exact) mass is 455 g/mol. The van der Waals surface area contributed by atoms with Crippen molar-refractivity contribution in [1.29, 1.82) is 0 Å². The first-order valence-corrected chi connectivity index (χ1v) is 11.0. The number of benzene rings is 2. The Kier molecular flexibility index (Phi) is 5.57. The van der Waals surface area contributed by atoms with Crippen molar-refractivity contribution in [2.24, 2.45) is 0 Å². The number of nitrogens with zero attached hydrogens (tertiary/aromatic N) is 3. The van der Waals surface area contributed by atoms with E-state index in [2.05, 4.69) is 25.2 Å². The number of sulfonamides is 1. The molecule has 0 radical (unpaired) electrons. The third-order valence-electron chi connectivity index (χ3n) is 4.65. The molecule has 10 nitrogen and oxygen atoms in total. The molecule has 0 aliphatic rings. The van der Waals surface area contributed by atoms with E-state index in [9.17, 15) is 8.42 Å². The van der Waals surface area contributed by atoms with Gasteiger partial charge in [-0.2, -0.15) is 0 Å². The lowest BCUT2D eigenvalue weighted by molar-refractivity contribution is 0.390. The van der Waals surface area contributed by atoms with Gasteiger partial charge in [-0.1, -0.05) is 17.3 Å². The molecular weight excluding hydrogens is 434 g/mol. The van der Waals surface area contributed by atoms with Gasteiger partial charge in [0.25, 0.3) is 10.0 Å². The molecule has 166 valence electrons. The molecule has 2 aromatic carbocycles. The highest BCUT2D eigenvalue weighted by Crippen LogP contribution is 2.32. The predicted octanol–water partition coefficient (Wildman–Crippen LogP) is 3.80. The van der Waals surface area contributed by atoms with Gasteiger partial charge < -0.3 is 19.3 Å². The van der Waals surface area contributed by atoms with Gasteiger partial charge in [-0.3, -0.25) is 4.72 Å². The van der Waals surface area contributed by atoms with Crippen molar-refractivity contribution in [3.05, 3.63) is 53.9 Å². The van der Waals surface area contributed by atoms with Crippen LogP contribution in [0.3, 0.4) is 0 Å². The molecular formula is C21H21N5O5S. The fraction of sp³-hybridized carbons (Fsp3) is 0.190. The van der Waals surface area contributed by atoms with Crippen LogP contribution in [0.15, 0.2) is 51.9 Å². The Labute approximate surface area is 184 Å². The largest absolute Gasteiger partial charge is 0.497 e. The maximum absolute atomic E-state index is 13.1. The number of rotatable bonds is 7. The summed E-state index contributed by atoms with van der Waals surface area (Å²) in [7, 11) is -0.960. The van der Waals surface area contributed by atoms with Crippen molar-refractivity contribution in [1.82, 2.24) is 15.1 Å². The molecule has 0 saturated heterocycles. The van der Waals surface area contributed by atoms with Crippen LogP contribution < -0.4 is 19.5 Å². The summed E-state index contributed by atoms with van der Waals surface area (Å²) in [5.41, 5.74) is 1.93. The average Bonchev–Trinajstić information content (AvgIpc) is 3.12. The van der Waals surface area contributed by atoms with Crippen LogP contribution in [-0.4, -0.2) is 37.8 Å². The topological polar surface area (TPSA) is 128 Å². The fourth-order valence-electron chi connectivity index (χ4n) is 3.21. The van der Waals surface area contributed by atoms with E-state index in [0.717, 1.165) is 0 Å². The smallest absolute Gasteiger partial charge is 0.268 e. The number of aryl methyl sites for hydroxylation is 2. The third kappa shape index (κ3) is 4.14. The summed E-state index contributed by atoms with van der Waals surface area (Å²) in [6.45, 7) is 3.08. The number of fused-ring (bicyclic) bond motifs is 1. The molecule has 2 N–H and O–H groups in total. The number of methoxy groups -OCH3 is 2. The third-order valence-corrected chi connectivity index (χ3v) is 6.23. The second kappa shape index (κ2) is 8.35. The van der Waals surface area contributed by atoms with Gasteiger partial charge in [-0.25, -0.2) is 18.4 Å². The first-order valence-electron chi connectivity index (χ1n) is 9.53. The molecule has 0 spiro atoms. The summed E-state index contributed by atoms with van der Waals surface area (Å²) in [6.07, 6.45) is 0. The van der Waals surface area contributed by atoms with Crippen LogP contribution in [0.4, 0.5) is 17.3 Å². The molecule has 11 heteroatoms. The molecule has 0 aliphatic heterocycles. The number of aromatic nitrogens is 3. The molecule has 32 heavy (non-hydrogen) atoms. The van der Waals surface area contributed by atoms with Gasteiger partial charge >= 0.3 is 0 Å². The van der Waals surface area contributed by atoms with E-state index < -0.39 is 10.0 Å². The SMILES string of the molecule is COc1cc(Nc2nc3ccccc3nc2NS(=O)(=O)c2c(C)noc2C)cc(OC)c1. The Morgan fingerprint density at radius 2 is 1.50 bits per heavy atom. The van der Waals surface area contributed by atoms with Crippen LogP contribution in [0.1, 0.15) is 11.5 Å². The van der Waals surface area contributed by atoms with Crippen molar-refractivity contribution in [3.63, 3.8) is 0 Å². The summed E-state index contributed by atoms with van der Waals surface area (Å²) in [5, 5.41) is 6.84. The Hall–Kier alpha value is -3.86. The summed E-state index contributed by atoms with van der Waals surface area (Å²) in [4.78, 5) is 9.01. The summed E-state index contributed by atoms with van der Waals surface area (Å²) in [5.74, 6) is 1.51. The number of para-hydroxylation sites is 2. The Morgan fingerprint density at radius 1 is 0.906 bits per heavy atom. The summed E-state index contributed by atoms with van der Waals surface area (Å²) < 4.78 is 44.3. The van der Waals surface area contributed by atoms with E-state index in [0.29, 0.717) is 28.2 Å². The standard InChI is InChI=1S/C21H21N5O5S/c1-12-19(13(2)31-25-12)32(27,28)26-21-20(23-17-7-5-6-8-18(17)24-21)22-14-9-15(29-3)11-16(10-14)30-4/h5-11H,1-4H3,(H,22,23)(H,24,26). The van der Waals surface area contributed by atoms with Crippen LogP contribution in [0.2, 0.25) is 0 Å². The minimum Gasteiger partial charge on any atom is -0.497 e. The highest BCUT2D eigenvalue weighted by atomic mass is 32.2. The minimum atomic E-state index is -4.04. The number of anilines is 3. The van der Waals surface area contributed by atoms with Crippen LogP contribution in [-0.2, 0) is 10.0 Å². The Morgan fingerprint density at radius 3 is 2.03 bits per heavy atom. The fourth-order valence-corrected chi connectivity index (χ4v) is 4.55. The van der Waals surface area contributed by atoms with Crippen molar-refractivity contribution in [2.75, 3.05) is 24.3 Å². The molecule has 0 bridgehead atoms. The molecule has 0 saturated carbocycles. The molecule has 0 fully saturated rings. The maximum atomic E-state index is 13.1. The average molecular weight is 455 g/mol. The lowest BCUT2D eigenvalue weighted by Crippen LogP contribution is -2.17. The Balaban J connectivity index is 1.81. The predicted molar refractivity (Wildman–Crippen MR) is 119 cm³/mol. The second-order valence-electron chi connectivity index (χ2n) is 6.89. The Bertz CT molecular complexity index is 1360. The summed E-state index contributed by atoms with van der Waals surface area (Å²) in [6, 6.07) is 12.3. The molecule has 0 amide bonds. The van der Waals surface area contributed by atoms with E-state index >= 15 is 0 Å². The minimum absolute atomic E-state index is 0.0190. The zero-order chi connectivity index (χ0) is 22.9. The van der Waals surface area contributed by atoms with Gasteiger partial charge in [0.05, 0.1) is 25.3 Å². The van der Waals surface area contributed by atoms with Crippen molar-refractivity contribution >= 4 is 38.4 Å². The molecule has 0 aliphatic carbocycles. The molecule has 2 aromatic heterocycles. The van der Waals surface area contributed by atoms with E-state index in [-0.39, 0.29) is 28.0 Å². The molecule has 0 unspecified atom stereocenters. The van der Waals surface area contributed by atoms with E-state index in [1.807, 2.05) is 6.07 Å². The van der Waals surface area contributed by atoms with E-state index in [1.165, 1.54) is 21.1 Å². The van der Waals surface area contributed by atoms with Gasteiger partial charge in [0, 0.05) is 23.9 Å². The van der Waals surface area contributed by atoms with Crippen molar-refractivity contribution < 1.29 is 22.4 Å². The lowest BCUT2D eigenvalue weighted by atomic mass is 10.2. The zero-order valence-electron chi connectivity index (χ0n) is 17.8. The van der Waals surface area contributed by atoms with Crippen LogP contribution in [0.5, 0.6) is 11.5 Å². The van der Waals surface area contributed by atoms with Crippen molar-refractivity contribution in [3.8, 4) is 11.5 Å². The van der Waals surface area contributed by atoms with Gasteiger partial charge in [0.1, 0.15) is 17.2 Å². The first kappa shape index (κ1) is 21.4. The zero-order valence-corrected chi connectivity index (χ0v) is 18.6. The van der Waals surface area contributed by atoms with Crippen LogP contribution in [0.25, 0.3) is 11.0 Å². The highest BCUT2D eigenvalue weighted by Gasteiger charge is 2.26. The van der Waals surface area contributed by atoms with Gasteiger partial charge in [-0.05, 0) is 26.0 Å². The number of ether oxygens (including phenoxy) is 2. The number of hydrogen-bond acceptors (Lipinski definition) is 9. The molecule has 0 atom stereocenters. The normalized spacial score (nSPS) is 11.4. The van der Waals surface area contributed by atoms with Crippen LogP contribution >= 0.6 is 0 Å². The van der Waals surface area contributed by atoms with E-state index in [1.54, 1.807) is 43.3 Å². The van der Waals surface area contributed by atoms with Gasteiger partial charge in [-0.15, -0.1) is 0 Å².